The predicted octanol–water partition coefficient (Wildman–Crippen LogP) is 4.17. The van der Waals surface area contributed by atoms with Gasteiger partial charge in [-0.1, -0.05) is 85.5 Å². The van der Waals surface area contributed by atoms with E-state index >= 15 is 0 Å². The molecule has 0 saturated carbocycles. The van der Waals surface area contributed by atoms with Crippen molar-refractivity contribution in [2.24, 2.45) is 0 Å². The number of benzene rings is 2. The molecule has 1 aliphatic rings. The summed E-state index contributed by atoms with van der Waals surface area (Å²) in [5.41, 5.74) is 1.42. The van der Waals surface area contributed by atoms with Crippen molar-refractivity contribution in [3.63, 3.8) is 0 Å². The van der Waals surface area contributed by atoms with Gasteiger partial charge in [-0.3, -0.25) is 0 Å². The van der Waals surface area contributed by atoms with Crippen LogP contribution in [0.2, 0.25) is 19.6 Å². The lowest BCUT2D eigenvalue weighted by Crippen LogP contribution is -2.66. The number of hydrogen-bond acceptors (Lipinski definition) is 1. The minimum Gasteiger partial charge on any atom is -0.374 e. The Morgan fingerprint density at radius 1 is 0.870 bits per heavy atom. The summed E-state index contributed by atoms with van der Waals surface area (Å²) >= 11 is 0. The van der Waals surface area contributed by atoms with E-state index in [4.69, 9.17) is 4.74 Å². The molecule has 1 fully saturated rings. The van der Waals surface area contributed by atoms with E-state index in [2.05, 4.69) is 80.3 Å². The highest BCUT2D eigenvalue weighted by Crippen LogP contribution is 2.40. The third-order valence-corrected chi connectivity index (χ3v) is 17.1. The van der Waals surface area contributed by atoms with Gasteiger partial charge in [0.25, 0.3) is 0 Å². The monoisotopic (exact) mass is 340 g/mol. The van der Waals surface area contributed by atoms with Crippen LogP contribution in [-0.2, 0) is 9.96 Å². The second-order valence-electron chi connectivity index (χ2n) is 7.77. The van der Waals surface area contributed by atoms with Crippen molar-refractivity contribution in [3.05, 3.63) is 66.2 Å². The molecule has 3 rings (SSSR count). The molecule has 0 aliphatic carbocycles. The molecule has 2 atom stereocenters. The molecule has 23 heavy (non-hydrogen) atoms. The van der Waals surface area contributed by atoms with E-state index in [1.165, 1.54) is 24.8 Å². The summed E-state index contributed by atoms with van der Waals surface area (Å²) in [5.74, 6) is 0. The quantitative estimate of drug-likeness (QED) is 0.759. The van der Waals surface area contributed by atoms with E-state index in [1.807, 2.05) is 0 Å². The molecule has 0 N–H and O–H groups in total. The summed E-state index contributed by atoms with van der Waals surface area (Å²) in [6, 6.07) is 22.3. The average Bonchev–Trinajstić information content (AvgIpc) is 2.56. The summed E-state index contributed by atoms with van der Waals surface area (Å²) < 4.78 is 6.69. The van der Waals surface area contributed by atoms with Crippen molar-refractivity contribution < 1.29 is 4.74 Å². The van der Waals surface area contributed by atoms with Crippen LogP contribution in [0.3, 0.4) is 0 Å². The Labute approximate surface area is 143 Å². The van der Waals surface area contributed by atoms with Crippen molar-refractivity contribution in [2.45, 2.75) is 44.1 Å². The van der Waals surface area contributed by atoms with Crippen LogP contribution in [0.4, 0.5) is 0 Å². The van der Waals surface area contributed by atoms with Crippen molar-refractivity contribution >= 4 is 21.1 Å². The lowest BCUT2D eigenvalue weighted by atomic mass is 10.0. The Morgan fingerprint density at radius 3 is 2.00 bits per heavy atom. The molecule has 3 heteroatoms. The second kappa shape index (κ2) is 6.75. The minimum atomic E-state index is -1.36. The highest BCUT2D eigenvalue weighted by molar-refractivity contribution is 7.37. The third-order valence-electron chi connectivity index (χ3n) is 5.03. The van der Waals surface area contributed by atoms with Crippen LogP contribution in [-0.4, -0.2) is 22.5 Å². The standard InChI is InChI=1S/C20H28OSi2/c1-23(2,3)22(19-14-8-5-9-15-19)20(16-10-11-17-21-20)18-12-6-4-7-13-18/h4-9,12-15,22H,10-11,16-17H2,1-3H3. The fourth-order valence-electron chi connectivity index (χ4n) is 4.27. The molecule has 0 radical (unpaired) electrons. The van der Waals surface area contributed by atoms with Gasteiger partial charge in [0, 0.05) is 14.2 Å². The maximum Gasteiger partial charge on any atom is 0.107 e. The van der Waals surface area contributed by atoms with E-state index in [-0.39, 0.29) is 5.22 Å². The van der Waals surface area contributed by atoms with Gasteiger partial charge in [-0.25, -0.2) is 0 Å². The summed E-state index contributed by atoms with van der Waals surface area (Å²) in [6.07, 6.45) is 3.68. The van der Waals surface area contributed by atoms with Crippen LogP contribution in [0, 0.1) is 0 Å². The summed E-state index contributed by atoms with van der Waals surface area (Å²) in [6.45, 7) is 8.54. The van der Waals surface area contributed by atoms with Crippen molar-refractivity contribution in [1.82, 2.24) is 0 Å². The van der Waals surface area contributed by atoms with E-state index in [9.17, 15) is 0 Å². The Morgan fingerprint density at radius 2 is 1.48 bits per heavy atom. The first kappa shape index (κ1) is 16.7. The molecule has 2 aromatic carbocycles. The molecular formula is C20H28OSi2. The molecule has 1 heterocycles. The largest absolute Gasteiger partial charge is 0.374 e. The zero-order valence-electron chi connectivity index (χ0n) is 14.6. The zero-order valence-corrected chi connectivity index (χ0v) is 16.7. The summed E-state index contributed by atoms with van der Waals surface area (Å²) in [4.78, 5) is 0. The van der Waals surface area contributed by atoms with Crippen molar-refractivity contribution in [2.75, 3.05) is 6.61 Å². The normalized spacial score (nSPS) is 23.4. The maximum absolute atomic E-state index is 6.69. The molecule has 0 spiro atoms. The van der Waals surface area contributed by atoms with Crippen LogP contribution < -0.4 is 5.19 Å². The SMILES string of the molecule is C[Si](C)(C)[SiH](c1ccccc1)C1(c2ccccc2)CCCCO1. The lowest BCUT2D eigenvalue weighted by molar-refractivity contribution is -0.0244. The Balaban J connectivity index is 2.16. The molecule has 2 aromatic rings. The predicted molar refractivity (Wildman–Crippen MR) is 104 cm³/mol. The highest BCUT2D eigenvalue weighted by Gasteiger charge is 2.50. The fraction of sp³-hybridized carbons (Fsp3) is 0.400. The molecule has 1 saturated heterocycles. The molecule has 0 aromatic heterocycles. The van der Waals surface area contributed by atoms with Gasteiger partial charge >= 0.3 is 0 Å². The fourth-order valence-corrected chi connectivity index (χ4v) is 18.1. The first-order chi connectivity index (χ1) is 11.0. The second-order valence-corrected chi connectivity index (χ2v) is 21.9. The van der Waals surface area contributed by atoms with Gasteiger partial charge in [-0.2, -0.15) is 0 Å². The van der Waals surface area contributed by atoms with Crippen molar-refractivity contribution in [3.8, 4) is 0 Å². The Kier molecular flexibility index (Phi) is 4.90. The van der Waals surface area contributed by atoms with Gasteiger partial charge < -0.3 is 4.74 Å². The Hall–Kier alpha value is -1.17. The smallest absolute Gasteiger partial charge is 0.107 e. The van der Waals surface area contributed by atoms with Crippen LogP contribution in [0.1, 0.15) is 24.8 Å². The topological polar surface area (TPSA) is 9.23 Å². The van der Waals surface area contributed by atoms with Crippen LogP contribution in [0.5, 0.6) is 0 Å². The number of hydrogen-bond donors (Lipinski definition) is 0. The van der Waals surface area contributed by atoms with Gasteiger partial charge in [0.1, 0.15) is 8.31 Å². The number of rotatable bonds is 4. The van der Waals surface area contributed by atoms with Gasteiger partial charge in [-0.05, 0) is 24.8 Å². The lowest BCUT2D eigenvalue weighted by Gasteiger charge is -2.48. The highest BCUT2D eigenvalue weighted by atomic mass is 29.2. The van der Waals surface area contributed by atoms with E-state index in [0.29, 0.717) is 0 Å². The van der Waals surface area contributed by atoms with Crippen molar-refractivity contribution in [1.29, 1.82) is 0 Å². The van der Waals surface area contributed by atoms with E-state index < -0.39 is 15.9 Å². The van der Waals surface area contributed by atoms with Gasteiger partial charge in [0.15, 0.2) is 0 Å². The summed E-state index contributed by atoms with van der Waals surface area (Å²) in [7, 11) is -2.66. The maximum atomic E-state index is 6.69. The average molecular weight is 341 g/mol. The Bertz CT molecular complexity index is 613. The first-order valence-electron chi connectivity index (χ1n) is 8.78. The van der Waals surface area contributed by atoms with E-state index in [0.717, 1.165) is 6.61 Å². The number of ether oxygens (including phenoxy) is 1. The van der Waals surface area contributed by atoms with Crippen LogP contribution in [0.15, 0.2) is 60.7 Å². The van der Waals surface area contributed by atoms with Gasteiger partial charge in [0.05, 0.1) is 5.22 Å². The zero-order chi connectivity index (χ0) is 16.3. The molecule has 0 bridgehead atoms. The van der Waals surface area contributed by atoms with Crippen LogP contribution in [0.25, 0.3) is 0 Å². The molecule has 0 amide bonds. The summed E-state index contributed by atoms with van der Waals surface area (Å²) in [5, 5.41) is 1.56. The minimum absolute atomic E-state index is 0.0225. The van der Waals surface area contributed by atoms with Gasteiger partial charge in [0.2, 0.25) is 0 Å². The molecule has 1 aliphatic heterocycles. The van der Waals surface area contributed by atoms with Gasteiger partial charge in [-0.15, -0.1) is 0 Å². The molecule has 122 valence electrons. The molecule has 2 unspecified atom stereocenters. The van der Waals surface area contributed by atoms with Crippen LogP contribution >= 0.6 is 0 Å². The third kappa shape index (κ3) is 3.37. The molecule has 1 nitrogen and oxygen atoms in total. The molecular weight excluding hydrogens is 312 g/mol. The first-order valence-corrected chi connectivity index (χ1v) is 15.2. The van der Waals surface area contributed by atoms with E-state index in [1.54, 1.807) is 5.19 Å².